The molecule has 0 aliphatic carbocycles. The van der Waals surface area contributed by atoms with E-state index in [-0.39, 0.29) is 6.61 Å². The first-order chi connectivity index (χ1) is 4.91. The first kappa shape index (κ1) is 12.9. The van der Waals surface area contributed by atoms with E-state index in [1.807, 2.05) is 0 Å². The van der Waals surface area contributed by atoms with Crippen molar-refractivity contribution < 1.29 is 27.4 Å². The highest BCUT2D eigenvalue weighted by molar-refractivity contribution is 7.79. The summed E-state index contributed by atoms with van der Waals surface area (Å²) in [5.74, 6) is 0. The van der Waals surface area contributed by atoms with Crippen molar-refractivity contribution in [2.75, 3.05) is 13.2 Å². The highest BCUT2D eigenvalue weighted by atomic mass is 32.3. The summed E-state index contributed by atoms with van der Waals surface area (Å²) >= 11 is 0. The third kappa shape index (κ3) is 93.7. The number of hydrogen-bond donors (Lipinski definition) is 4. The lowest BCUT2D eigenvalue weighted by molar-refractivity contribution is -0.109. The molecule has 0 radical (unpaired) electrons. The molecule has 4 N–H and O–H groups in total. The Morgan fingerprint density at radius 2 is 1.73 bits per heavy atom. The van der Waals surface area contributed by atoms with Crippen LogP contribution in [0.5, 0.6) is 0 Å². The zero-order chi connectivity index (χ0) is 9.33. The zero-order valence-corrected chi connectivity index (χ0v) is 6.28. The van der Waals surface area contributed by atoms with Crippen molar-refractivity contribution in [1.82, 2.24) is 5.32 Å². The Kier molecular flexibility index (Phi) is 8.71. The molecule has 0 fully saturated rings. The fourth-order valence-corrected chi connectivity index (χ4v) is 0.123. The Balaban J connectivity index is 0. The van der Waals surface area contributed by atoms with Gasteiger partial charge in [-0.15, -0.1) is 0 Å². The van der Waals surface area contributed by atoms with Crippen molar-refractivity contribution in [3.63, 3.8) is 0 Å². The molecular weight excluding hydrogens is 178 g/mol. The van der Waals surface area contributed by atoms with Gasteiger partial charge in [-0.1, -0.05) is 0 Å². The minimum Gasteiger partial charge on any atom is -0.395 e. The molecule has 8 heteroatoms. The first-order valence-electron chi connectivity index (χ1n) is 2.39. The standard InChI is InChI=1S/C3H7NO2.H2O4S/c5-2-1-4-3-6;1-5(2,3)4/h3,5H,1-2H2,(H,4,6);(H2,1,2,3,4). The van der Waals surface area contributed by atoms with Crippen LogP contribution in [0.25, 0.3) is 0 Å². The molecule has 1 amide bonds. The molecule has 11 heavy (non-hydrogen) atoms. The Hall–Kier alpha value is -0.700. The van der Waals surface area contributed by atoms with Gasteiger partial charge in [0.1, 0.15) is 0 Å². The van der Waals surface area contributed by atoms with E-state index in [4.69, 9.17) is 22.6 Å². The average molecular weight is 187 g/mol. The summed E-state index contributed by atoms with van der Waals surface area (Å²) in [4.78, 5) is 9.34. The van der Waals surface area contributed by atoms with Crippen LogP contribution in [-0.2, 0) is 15.2 Å². The molecule has 0 aliphatic heterocycles. The number of aliphatic hydroxyl groups is 1. The molecular formula is C3H9NO6S. The van der Waals surface area contributed by atoms with Crippen LogP contribution in [0.2, 0.25) is 0 Å². The monoisotopic (exact) mass is 187 g/mol. The van der Waals surface area contributed by atoms with Crippen molar-refractivity contribution in [1.29, 1.82) is 0 Å². The summed E-state index contributed by atoms with van der Waals surface area (Å²) in [6.07, 6.45) is 0.552. The maximum atomic E-state index is 9.34. The zero-order valence-electron chi connectivity index (χ0n) is 5.47. The summed E-state index contributed by atoms with van der Waals surface area (Å²) in [5, 5.41) is 10.2. The molecule has 0 aromatic carbocycles. The number of aliphatic hydroxyl groups excluding tert-OH is 1. The molecule has 0 saturated heterocycles. The highest BCUT2D eigenvalue weighted by Gasteiger charge is 1.84. The number of amides is 1. The third-order valence-corrected chi connectivity index (χ3v) is 0.339. The quantitative estimate of drug-likeness (QED) is 0.232. The van der Waals surface area contributed by atoms with Crippen molar-refractivity contribution in [3.8, 4) is 0 Å². The van der Waals surface area contributed by atoms with Crippen LogP contribution >= 0.6 is 0 Å². The van der Waals surface area contributed by atoms with Crippen molar-refractivity contribution in [2.45, 2.75) is 0 Å². The average Bonchev–Trinajstić information content (AvgIpc) is 1.79. The molecule has 0 aliphatic rings. The second kappa shape index (κ2) is 7.41. The first-order valence-corrected chi connectivity index (χ1v) is 3.79. The Bertz CT molecular complexity index is 166. The number of nitrogens with one attached hydrogen (secondary N) is 1. The molecule has 0 heterocycles. The summed E-state index contributed by atoms with van der Waals surface area (Å²) < 4.78 is 31.6. The summed E-state index contributed by atoms with van der Waals surface area (Å²) in [6, 6.07) is 0. The Morgan fingerprint density at radius 3 is 1.82 bits per heavy atom. The van der Waals surface area contributed by atoms with E-state index in [1.54, 1.807) is 0 Å². The lowest BCUT2D eigenvalue weighted by Crippen LogP contribution is -2.14. The second-order valence-electron chi connectivity index (χ2n) is 1.24. The molecule has 7 nitrogen and oxygen atoms in total. The predicted octanol–water partition coefficient (Wildman–Crippen LogP) is -1.93. The van der Waals surface area contributed by atoms with Crippen molar-refractivity contribution in [2.24, 2.45) is 0 Å². The Labute approximate surface area is 63.6 Å². The smallest absolute Gasteiger partial charge is 0.394 e. The normalized spacial score (nSPS) is 9.36. The summed E-state index contributed by atoms with van der Waals surface area (Å²) in [7, 11) is -4.67. The molecule has 0 bridgehead atoms. The summed E-state index contributed by atoms with van der Waals surface area (Å²) in [6.45, 7) is 0.363. The summed E-state index contributed by atoms with van der Waals surface area (Å²) in [5.41, 5.74) is 0. The molecule has 0 unspecified atom stereocenters. The van der Waals surface area contributed by atoms with Crippen LogP contribution in [0.1, 0.15) is 0 Å². The van der Waals surface area contributed by atoms with Gasteiger partial charge in [-0.05, 0) is 0 Å². The van der Waals surface area contributed by atoms with Gasteiger partial charge >= 0.3 is 10.4 Å². The van der Waals surface area contributed by atoms with Gasteiger partial charge in [-0.3, -0.25) is 13.9 Å². The van der Waals surface area contributed by atoms with Gasteiger partial charge in [0.15, 0.2) is 0 Å². The SMILES string of the molecule is O=CNCCO.O=S(=O)(O)O. The minimum absolute atomic E-state index is 0.0126. The van der Waals surface area contributed by atoms with E-state index in [2.05, 4.69) is 5.32 Å². The predicted molar refractivity (Wildman–Crippen MR) is 35.3 cm³/mol. The molecule has 68 valence electrons. The van der Waals surface area contributed by atoms with Gasteiger partial charge in [0.2, 0.25) is 6.41 Å². The number of hydrogen-bond acceptors (Lipinski definition) is 4. The number of carbonyl (C=O) groups excluding carboxylic acids is 1. The van der Waals surface area contributed by atoms with E-state index < -0.39 is 10.4 Å². The van der Waals surface area contributed by atoms with Gasteiger partial charge in [0, 0.05) is 6.54 Å². The lowest BCUT2D eigenvalue weighted by atomic mass is 10.7. The highest BCUT2D eigenvalue weighted by Crippen LogP contribution is 1.59. The van der Waals surface area contributed by atoms with Crippen molar-refractivity contribution in [3.05, 3.63) is 0 Å². The van der Waals surface area contributed by atoms with Crippen LogP contribution in [0.15, 0.2) is 0 Å². The van der Waals surface area contributed by atoms with Crippen LogP contribution in [0.4, 0.5) is 0 Å². The van der Waals surface area contributed by atoms with Gasteiger partial charge in [-0.25, -0.2) is 0 Å². The van der Waals surface area contributed by atoms with Crippen molar-refractivity contribution >= 4 is 16.8 Å². The fourth-order valence-electron chi connectivity index (χ4n) is 0.123. The maximum Gasteiger partial charge on any atom is 0.394 e. The topological polar surface area (TPSA) is 124 Å². The minimum atomic E-state index is -4.67. The molecule has 0 aromatic heterocycles. The Morgan fingerprint density at radius 1 is 1.36 bits per heavy atom. The molecule has 0 aromatic rings. The molecule has 0 saturated carbocycles. The van der Waals surface area contributed by atoms with Crippen LogP contribution in [-0.4, -0.2) is 42.2 Å². The second-order valence-corrected chi connectivity index (χ2v) is 2.14. The number of rotatable bonds is 3. The van der Waals surface area contributed by atoms with Gasteiger partial charge < -0.3 is 10.4 Å². The maximum absolute atomic E-state index is 9.34. The van der Waals surface area contributed by atoms with Crippen LogP contribution < -0.4 is 5.32 Å². The lowest BCUT2D eigenvalue weighted by Gasteiger charge is -1.85. The van der Waals surface area contributed by atoms with Gasteiger partial charge in [-0.2, -0.15) is 8.42 Å². The van der Waals surface area contributed by atoms with E-state index in [0.29, 0.717) is 13.0 Å². The third-order valence-electron chi connectivity index (χ3n) is 0.339. The molecule has 0 atom stereocenters. The largest absolute Gasteiger partial charge is 0.395 e. The molecule has 0 spiro atoms. The van der Waals surface area contributed by atoms with E-state index >= 15 is 0 Å². The number of carbonyl (C=O) groups is 1. The van der Waals surface area contributed by atoms with Gasteiger partial charge in [0.05, 0.1) is 6.61 Å². The van der Waals surface area contributed by atoms with Crippen LogP contribution in [0.3, 0.4) is 0 Å². The van der Waals surface area contributed by atoms with Crippen LogP contribution in [0, 0.1) is 0 Å². The fraction of sp³-hybridized carbons (Fsp3) is 0.667. The molecule has 0 rings (SSSR count). The van der Waals surface area contributed by atoms with Gasteiger partial charge in [0.25, 0.3) is 0 Å². The van der Waals surface area contributed by atoms with E-state index in [1.165, 1.54) is 0 Å². The van der Waals surface area contributed by atoms with E-state index in [9.17, 15) is 4.79 Å². The van der Waals surface area contributed by atoms with E-state index in [0.717, 1.165) is 0 Å².